The summed E-state index contributed by atoms with van der Waals surface area (Å²) in [5, 5.41) is 14.8. The molecule has 0 aromatic carbocycles. The maximum atomic E-state index is 8.52. The minimum absolute atomic E-state index is 0. The van der Waals surface area contributed by atoms with E-state index in [0.717, 1.165) is 0 Å². The summed E-state index contributed by atoms with van der Waals surface area (Å²) in [6, 6.07) is 0. The Balaban J connectivity index is -0.0000000383. The number of hydrogen-bond acceptors (Lipinski definition) is 7. The van der Waals surface area contributed by atoms with E-state index in [9.17, 15) is 0 Å². The van der Waals surface area contributed by atoms with E-state index in [1.807, 2.05) is 0 Å². The Morgan fingerprint density at radius 3 is 1.00 bits per heavy atom. The topological polar surface area (TPSA) is 146 Å². The van der Waals surface area contributed by atoms with Crippen LogP contribution in [0.25, 0.3) is 0 Å². The third-order valence-corrected chi connectivity index (χ3v) is 0. The normalized spacial score (nSPS) is 7.45. The van der Waals surface area contributed by atoms with E-state index < -0.39 is 15.5 Å². The molecule has 0 N–H and O–H groups in total. The van der Waals surface area contributed by atoms with Crippen LogP contribution < -0.4 is 0 Å². The van der Waals surface area contributed by atoms with Gasteiger partial charge >= 0.3 is 0 Å². The molecule has 0 heterocycles. The molecule has 0 fully saturated rings. The minimum Gasteiger partial charge on any atom is -0.759 e. The first-order valence-electron chi connectivity index (χ1n) is 1.21. The van der Waals surface area contributed by atoms with Crippen molar-refractivity contribution in [3.8, 4) is 0 Å². The van der Waals surface area contributed by atoms with E-state index >= 15 is 0 Å². The molecule has 11 heteroatoms. The van der Waals surface area contributed by atoms with Gasteiger partial charge in [0.2, 0.25) is 0 Å². The van der Waals surface area contributed by atoms with Crippen LogP contribution >= 0.6 is 0 Å². The molecule has 0 bridgehead atoms. The molecule has 0 atom stereocenters. The average Bonchev–Trinajstić information content (AvgIpc) is 1.19. The van der Waals surface area contributed by atoms with Gasteiger partial charge in [0.1, 0.15) is 0 Å². The predicted octanol–water partition coefficient (Wildman–Crippen LogP) is -1.58. The Kier molecular flexibility index (Phi) is 20.6. The van der Waals surface area contributed by atoms with E-state index in [4.69, 9.17) is 32.8 Å². The SMILES string of the molecule is O=S(=O)([O-])[O-].O=[N+]([O-])[O-].[Cu].[Cu]. The predicted molar refractivity (Wildman–Crippen MR) is 20.8 cm³/mol. The van der Waals surface area contributed by atoms with Crippen LogP contribution in [-0.2, 0) is 44.5 Å². The van der Waals surface area contributed by atoms with Crippen LogP contribution in [-0.4, -0.2) is 22.6 Å². The summed E-state index contributed by atoms with van der Waals surface area (Å²) in [5.74, 6) is 0. The molecule has 0 aliphatic carbocycles. The molecule has 0 amide bonds. The van der Waals surface area contributed by atoms with Crippen LogP contribution in [0.5, 0.6) is 0 Å². The first-order chi connectivity index (χ1) is 3.73. The summed E-state index contributed by atoms with van der Waals surface area (Å²) < 4.78 is 34.1. The Morgan fingerprint density at radius 2 is 1.00 bits per heavy atom. The second kappa shape index (κ2) is 10.1. The monoisotopic (exact) mass is 284 g/mol. The van der Waals surface area contributed by atoms with Crippen LogP contribution in [0.1, 0.15) is 0 Å². The smallest absolute Gasteiger partial charge is 0.0689 e. The third-order valence-electron chi connectivity index (χ3n) is 0. The van der Waals surface area contributed by atoms with Crippen LogP contribution in [0.15, 0.2) is 0 Å². The van der Waals surface area contributed by atoms with Crippen LogP contribution in [0.3, 0.4) is 0 Å². The molecule has 0 saturated carbocycles. The fourth-order valence-electron chi connectivity index (χ4n) is 0. The molecular weight excluding hydrogens is 285 g/mol. The van der Waals surface area contributed by atoms with Gasteiger partial charge in [-0.3, -0.25) is 8.42 Å². The maximum absolute atomic E-state index is 8.52. The summed E-state index contributed by atoms with van der Waals surface area (Å²) in [5.41, 5.74) is 0. The molecule has 11 heavy (non-hydrogen) atoms. The Morgan fingerprint density at radius 1 is 1.00 bits per heavy atom. The fraction of sp³-hybridized carbons (Fsp3) is 0. The van der Waals surface area contributed by atoms with Crippen molar-refractivity contribution in [2.24, 2.45) is 0 Å². The molecule has 0 aromatic rings. The second-order valence-corrected chi connectivity index (χ2v) is 1.45. The van der Waals surface area contributed by atoms with E-state index in [1.165, 1.54) is 0 Å². The summed E-state index contributed by atoms with van der Waals surface area (Å²) in [6.45, 7) is 0. The third kappa shape index (κ3) is 56000. The molecule has 0 aromatic heterocycles. The molecule has 0 spiro atoms. The molecular formula is Cu2NO7S-3. The Hall–Kier alpha value is 0.109. The Bertz CT molecular complexity index is 159. The zero-order valence-electron chi connectivity index (χ0n) is 4.32. The van der Waals surface area contributed by atoms with E-state index in [2.05, 4.69) is 0 Å². The number of hydrogen-bond donors (Lipinski definition) is 0. The summed E-state index contributed by atoms with van der Waals surface area (Å²) in [7, 11) is -5.17. The van der Waals surface area contributed by atoms with Crippen molar-refractivity contribution < 1.29 is 56.7 Å². The summed E-state index contributed by atoms with van der Waals surface area (Å²) in [6.07, 6.45) is 0. The molecule has 0 aliphatic heterocycles. The second-order valence-electron chi connectivity index (χ2n) is 0.632. The van der Waals surface area contributed by atoms with Crippen molar-refractivity contribution in [3.63, 3.8) is 0 Å². The first kappa shape index (κ1) is 22.5. The molecule has 8 nitrogen and oxygen atoms in total. The molecule has 78 valence electrons. The van der Waals surface area contributed by atoms with Gasteiger partial charge in [-0.1, -0.05) is 0 Å². The van der Waals surface area contributed by atoms with Gasteiger partial charge in [0.05, 0.1) is 5.09 Å². The zero-order chi connectivity index (χ0) is 8.08. The summed E-state index contributed by atoms with van der Waals surface area (Å²) >= 11 is 0. The van der Waals surface area contributed by atoms with E-state index in [0.29, 0.717) is 0 Å². The van der Waals surface area contributed by atoms with Crippen molar-refractivity contribution in [1.82, 2.24) is 0 Å². The molecule has 0 saturated heterocycles. The van der Waals surface area contributed by atoms with Gasteiger partial charge in [0, 0.05) is 44.5 Å². The van der Waals surface area contributed by atoms with Gasteiger partial charge in [-0.25, -0.2) is 0 Å². The van der Waals surface area contributed by atoms with Crippen LogP contribution in [0, 0.1) is 15.3 Å². The van der Waals surface area contributed by atoms with Gasteiger partial charge in [0.15, 0.2) is 0 Å². The van der Waals surface area contributed by atoms with E-state index in [1.54, 1.807) is 0 Å². The van der Waals surface area contributed by atoms with Crippen molar-refractivity contribution in [1.29, 1.82) is 0 Å². The van der Waals surface area contributed by atoms with Gasteiger partial charge in [-0.15, -0.1) is 0 Å². The first-order valence-corrected chi connectivity index (χ1v) is 2.55. The van der Waals surface area contributed by atoms with Gasteiger partial charge < -0.3 is 24.4 Å². The van der Waals surface area contributed by atoms with Gasteiger partial charge in [-0.05, 0) is 0 Å². The number of rotatable bonds is 0. The minimum atomic E-state index is -5.17. The molecule has 0 unspecified atom stereocenters. The van der Waals surface area contributed by atoms with Gasteiger partial charge in [-0.2, -0.15) is 0 Å². The van der Waals surface area contributed by atoms with Crippen molar-refractivity contribution in [3.05, 3.63) is 15.3 Å². The van der Waals surface area contributed by atoms with E-state index in [-0.39, 0.29) is 34.1 Å². The Labute approximate surface area is 82.6 Å². The quantitative estimate of drug-likeness (QED) is 0.171. The van der Waals surface area contributed by atoms with Crippen molar-refractivity contribution in [2.45, 2.75) is 0 Å². The van der Waals surface area contributed by atoms with Crippen LogP contribution in [0.2, 0.25) is 0 Å². The van der Waals surface area contributed by atoms with Crippen LogP contribution in [0.4, 0.5) is 0 Å². The summed E-state index contributed by atoms with van der Waals surface area (Å²) in [4.78, 5) is 8.25. The maximum Gasteiger partial charge on any atom is 0.0689 e. The largest absolute Gasteiger partial charge is 0.759 e. The molecule has 0 aliphatic rings. The average molecular weight is 285 g/mol. The number of nitrogens with zero attached hydrogens (tertiary/aromatic N) is 1. The molecule has 0 rings (SSSR count). The van der Waals surface area contributed by atoms with Gasteiger partial charge in [0.25, 0.3) is 0 Å². The zero-order valence-corrected chi connectivity index (χ0v) is 7.02. The van der Waals surface area contributed by atoms with Crippen molar-refractivity contribution >= 4 is 10.4 Å². The fourth-order valence-corrected chi connectivity index (χ4v) is 0. The van der Waals surface area contributed by atoms with Crippen molar-refractivity contribution in [2.75, 3.05) is 0 Å². The standard InChI is InChI=1S/2Cu.NO3.H2O4S/c;;2-1(3)4;1-5(2,3)4/h;;;(H2,1,2,3,4)/q;;-1;/p-2. The molecule has 2 radical (unpaired) electrons.